The molecule has 0 spiro atoms. The number of H-pyrrole nitrogens is 1. The number of hydrogen-bond donors (Lipinski definition) is 2. The molecule has 3 aromatic rings. The first-order chi connectivity index (χ1) is 14.7. The number of nitrogens with one attached hydrogen (secondary N) is 2. The molecule has 1 saturated heterocycles. The summed E-state index contributed by atoms with van der Waals surface area (Å²) in [6.45, 7) is 5.47. The maximum atomic E-state index is 12.5. The third-order valence-corrected chi connectivity index (χ3v) is 5.85. The van der Waals surface area contributed by atoms with Crippen LogP contribution < -0.4 is 10.2 Å². The van der Waals surface area contributed by atoms with Gasteiger partial charge in [0, 0.05) is 51.2 Å². The second kappa shape index (κ2) is 9.69. The molecule has 2 heterocycles. The highest BCUT2D eigenvalue weighted by Crippen LogP contribution is 2.18. The molecule has 0 atom stereocenters. The van der Waals surface area contributed by atoms with E-state index in [4.69, 9.17) is 12.2 Å². The zero-order valence-corrected chi connectivity index (χ0v) is 17.7. The predicted octanol–water partition coefficient (Wildman–Crippen LogP) is 4.00. The van der Waals surface area contributed by atoms with Gasteiger partial charge in [0.15, 0.2) is 0 Å². The first-order valence-corrected chi connectivity index (χ1v) is 10.7. The molecule has 0 saturated carbocycles. The van der Waals surface area contributed by atoms with E-state index in [-0.39, 0.29) is 5.91 Å². The number of benzene rings is 2. The molecular weight excluding hydrogens is 392 g/mol. The van der Waals surface area contributed by atoms with Gasteiger partial charge in [0.1, 0.15) is 4.64 Å². The van der Waals surface area contributed by atoms with E-state index in [1.807, 2.05) is 6.07 Å². The number of amides is 1. The quantitative estimate of drug-likeness (QED) is 0.594. The van der Waals surface area contributed by atoms with Gasteiger partial charge in [0.2, 0.25) is 0 Å². The maximum Gasteiger partial charge on any atom is 0.254 e. The number of carbonyl (C=O) groups excluding carboxylic acids is 1. The van der Waals surface area contributed by atoms with Gasteiger partial charge in [-0.1, -0.05) is 54.7 Å². The number of anilines is 1. The van der Waals surface area contributed by atoms with Crippen molar-refractivity contribution in [1.29, 1.82) is 0 Å². The van der Waals surface area contributed by atoms with Gasteiger partial charge in [-0.2, -0.15) is 0 Å². The predicted molar refractivity (Wildman–Crippen MR) is 123 cm³/mol. The van der Waals surface area contributed by atoms with Crippen LogP contribution in [0.5, 0.6) is 0 Å². The van der Waals surface area contributed by atoms with Crippen LogP contribution in [-0.2, 0) is 13.1 Å². The highest BCUT2D eigenvalue weighted by atomic mass is 32.1. The highest BCUT2D eigenvalue weighted by molar-refractivity contribution is 7.71. The van der Waals surface area contributed by atoms with Crippen LogP contribution in [0.25, 0.3) is 0 Å². The fraction of sp³-hybridized carbons (Fsp3) is 0.250. The molecule has 1 aliphatic heterocycles. The number of carbonyl (C=O) groups is 1. The van der Waals surface area contributed by atoms with Crippen molar-refractivity contribution in [3.05, 3.63) is 94.3 Å². The van der Waals surface area contributed by atoms with Crippen molar-refractivity contribution < 1.29 is 4.79 Å². The molecule has 1 aliphatic rings. The van der Waals surface area contributed by atoms with E-state index in [0.717, 1.165) is 38.3 Å². The number of aromatic nitrogens is 1. The maximum absolute atomic E-state index is 12.5. The molecule has 5 nitrogen and oxygen atoms in total. The molecule has 0 unspecified atom stereocenters. The van der Waals surface area contributed by atoms with Gasteiger partial charge >= 0.3 is 0 Å². The van der Waals surface area contributed by atoms with Crippen LogP contribution in [-0.4, -0.2) is 42.0 Å². The average Bonchev–Trinajstić information content (AvgIpc) is 2.80. The summed E-state index contributed by atoms with van der Waals surface area (Å²) in [4.78, 5) is 20.3. The Morgan fingerprint density at radius 3 is 2.33 bits per heavy atom. The van der Waals surface area contributed by atoms with Gasteiger partial charge < -0.3 is 15.2 Å². The first-order valence-electron chi connectivity index (χ1n) is 10.3. The minimum atomic E-state index is -0.150. The summed E-state index contributed by atoms with van der Waals surface area (Å²) in [5, 5.41) is 3.01. The minimum absolute atomic E-state index is 0.150. The molecule has 1 amide bonds. The van der Waals surface area contributed by atoms with E-state index in [0.29, 0.717) is 16.7 Å². The number of aromatic amines is 1. The summed E-state index contributed by atoms with van der Waals surface area (Å²) in [6.07, 6.45) is 1.73. The van der Waals surface area contributed by atoms with Crippen molar-refractivity contribution in [2.24, 2.45) is 0 Å². The summed E-state index contributed by atoms with van der Waals surface area (Å²) >= 11 is 5.21. The lowest BCUT2D eigenvalue weighted by Gasteiger charge is -2.36. The first kappa shape index (κ1) is 20.3. The zero-order chi connectivity index (χ0) is 20.8. The van der Waals surface area contributed by atoms with Gasteiger partial charge in [-0.15, -0.1) is 0 Å². The van der Waals surface area contributed by atoms with Crippen molar-refractivity contribution in [1.82, 2.24) is 15.2 Å². The number of rotatable bonds is 6. The van der Waals surface area contributed by atoms with Gasteiger partial charge in [-0.05, 0) is 35.4 Å². The largest absolute Gasteiger partial charge is 0.369 e. The molecule has 0 radical (unpaired) electrons. The number of pyridine rings is 1. The molecule has 1 aromatic heterocycles. The monoisotopic (exact) mass is 418 g/mol. The Morgan fingerprint density at radius 1 is 0.900 bits per heavy atom. The van der Waals surface area contributed by atoms with Gasteiger partial charge in [-0.3, -0.25) is 9.69 Å². The van der Waals surface area contributed by atoms with Crippen molar-refractivity contribution in [2.45, 2.75) is 13.1 Å². The number of piperazine rings is 1. The normalized spacial score (nSPS) is 14.5. The van der Waals surface area contributed by atoms with Crippen molar-refractivity contribution in [2.75, 3.05) is 31.1 Å². The lowest BCUT2D eigenvalue weighted by atomic mass is 10.1. The van der Waals surface area contributed by atoms with E-state index < -0.39 is 0 Å². The van der Waals surface area contributed by atoms with Crippen LogP contribution in [0.4, 0.5) is 5.69 Å². The Balaban J connectivity index is 1.35. The number of hydrogen-bond acceptors (Lipinski definition) is 4. The highest BCUT2D eigenvalue weighted by Gasteiger charge is 2.18. The average molecular weight is 419 g/mol. The Morgan fingerprint density at radius 2 is 1.60 bits per heavy atom. The van der Waals surface area contributed by atoms with Crippen molar-refractivity contribution in [3.63, 3.8) is 0 Å². The van der Waals surface area contributed by atoms with Crippen LogP contribution >= 0.6 is 12.2 Å². The standard InChI is InChI=1S/C24H26N4OS/c29-23(22-11-6-12-25-24(22)30)26-17-19-7-4-5-8-20(19)18-27-13-15-28(16-14-27)21-9-2-1-3-10-21/h1-12H,13-18H2,(H,25,30)(H,26,29). The van der Waals surface area contributed by atoms with E-state index in [2.05, 4.69) is 68.6 Å². The lowest BCUT2D eigenvalue weighted by molar-refractivity contribution is 0.0950. The summed E-state index contributed by atoms with van der Waals surface area (Å²) in [6, 6.07) is 22.4. The van der Waals surface area contributed by atoms with E-state index in [1.54, 1.807) is 18.3 Å². The molecule has 0 aliphatic carbocycles. The molecule has 30 heavy (non-hydrogen) atoms. The van der Waals surface area contributed by atoms with Crippen molar-refractivity contribution in [3.8, 4) is 0 Å². The van der Waals surface area contributed by atoms with Gasteiger partial charge in [0.05, 0.1) is 5.56 Å². The van der Waals surface area contributed by atoms with Crippen LogP contribution in [0.2, 0.25) is 0 Å². The third kappa shape index (κ3) is 4.96. The molecular formula is C24H26N4OS. The van der Waals surface area contributed by atoms with Crippen LogP contribution in [0.1, 0.15) is 21.5 Å². The second-order valence-corrected chi connectivity index (χ2v) is 7.87. The van der Waals surface area contributed by atoms with E-state index in [1.165, 1.54) is 11.3 Å². The zero-order valence-electron chi connectivity index (χ0n) is 16.9. The summed E-state index contributed by atoms with van der Waals surface area (Å²) in [7, 11) is 0. The summed E-state index contributed by atoms with van der Waals surface area (Å²) < 4.78 is 0.458. The molecule has 4 rings (SSSR count). The van der Waals surface area contributed by atoms with E-state index >= 15 is 0 Å². The molecule has 2 N–H and O–H groups in total. The molecule has 0 bridgehead atoms. The topological polar surface area (TPSA) is 51.4 Å². The number of para-hydroxylation sites is 1. The molecule has 2 aromatic carbocycles. The fourth-order valence-electron chi connectivity index (χ4n) is 3.80. The Kier molecular flexibility index (Phi) is 6.57. The van der Waals surface area contributed by atoms with Gasteiger partial charge in [-0.25, -0.2) is 0 Å². The second-order valence-electron chi connectivity index (χ2n) is 7.46. The van der Waals surface area contributed by atoms with Crippen LogP contribution in [0.15, 0.2) is 72.9 Å². The minimum Gasteiger partial charge on any atom is -0.369 e. The number of nitrogens with zero attached hydrogens (tertiary/aromatic N) is 2. The Hall–Kier alpha value is -2.96. The van der Waals surface area contributed by atoms with Crippen molar-refractivity contribution >= 4 is 23.8 Å². The Bertz CT molecular complexity index is 1040. The van der Waals surface area contributed by atoms with E-state index in [9.17, 15) is 4.79 Å². The molecule has 1 fully saturated rings. The van der Waals surface area contributed by atoms with Crippen LogP contribution in [0, 0.1) is 4.64 Å². The molecule has 6 heteroatoms. The van der Waals surface area contributed by atoms with Gasteiger partial charge in [0.25, 0.3) is 5.91 Å². The lowest BCUT2D eigenvalue weighted by Crippen LogP contribution is -2.46. The third-order valence-electron chi connectivity index (χ3n) is 5.51. The summed E-state index contributed by atoms with van der Waals surface area (Å²) in [5.41, 5.74) is 4.19. The Labute approximate surface area is 182 Å². The van der Waals surface area contributed by atoms with Crippen LogP contribution in [0.3, 0.4) is 0 Å². The SMILES string of the molecule is O=C(NCc1ccccc1CN1CCN(c2ccccc2)CC1)c1ccc[nH]c1=S. The molecule has 154 valence electrons. The smallest absolute Gasteiger partial charge is 0.254 e. The fourth-order valence-corrected chi connectivity index (χ4v) is 4.03. The summed E-state index contributed by atoms with van der Waals surface area (Å²) in [5.74, 6) is -0.150.